The Balaban J connectivity index is 1.29. The van der Waals surface area contributed by atoms with Gasteiger partial charge in [0, 0.05) is 31.4 Å². The summed E-state index contributed by atoms with van der Waals surface area (Å²) in [5, 5.41) is 3.03. The topological polar surface area (TPSA) is 62.5 Å². The molecule has 1 aliphatic rings. The molecule has 0 aliphatic carbocycles. The van der Waals surface area contributed by atoms with Crippen LogP contribution in [0.2, 0.25) is 0 Å². The van der Waals surface area contributed by atoms with Crippen LogP contribution in [0.1, 0.15) is 18.5 Å². The van der Waals surface area contributed by atoms with Crippen molar-refractivity contribution in [2.75, 3.05) is 18.0 Å². The molecule has 1 amide bonds. The van der Waals surface area contributed by atoms with Crippen LogP contribution in [0.25, 0.3) is 16.6 Å². The number of nitrogens with zero attached hydrogens (tertiary/aromatic N) is 4. The fourth-order valence-corrected chi connectivity index (χ4v) is 4.12. The first-order valence-electron chi connectivity index (χ1n) is 10.1. The molecular weight excluding hydrogens is 362 g/mol. The number of fused-ring (bicyclic) bond motifs is 3. The standard InChI is InChI=1S/C23H23N5O/c29-23(25-16-18-6-3-4-12-24-18)17-10-14-27(15-11-17)22-21-9-5-13-28(21)20-8-2-1-7-19(20)26-22/h1-9,12-13,17H,10-11,14-16H2,(H,25,29). The van der Waals surface area contributed by atoms with E-state index in [9.17, 15) is 4.79 Å². The van der Waals surface area contributed by atoms with Gasteiger partial charge in [0.25, 0.3) is 0 Å². The second-order valence-corrected chi connectivity index (χ2v) is 7.49. The van der Waals surface area contributed by atoms with Crippen molar-refractivity contribution in [3.63, 3.8) is 0 Å². The molecule has 146 valence electrons. The highest BCUT2D eigenvalue weighted by Gasteiger charge is 2.26. The number of carbonyl (C=O) groups is 1. The predicted octanol–water partition coefficient (Wildman–Crippen LogP) is 3.42. The van der Waals surface area contributed by atoms with Crippen LogP contribution in [-0.4, -0.2) is 33.4 Å². The third kappa shape index (κ3) is 3.42. The number of piperidine rings is 1. The molecule has 0 radical (unpaired) electrons. The molecular formula is C23H23N5O. The fraction of sp³-hybridized carbons (Fsp3) is 0.261. The Labute approximate surface area is 169 Å². The smallest absolute Gasteiger partial charge is 0.223 e. The molecule has 6 nitrogen and oxygen atoms in total. The van der Waals surface area contributed by atoms with Gasteiger partial charge in [-0.15, -0.1) is 0 Å². The van der Waals surface area contributed by atoms with Crippen LogP contribution in [-0.2, 0) is 11.3 Å². The average Bonchev–Trinajstić information content (AvgIpc) is 3.28. The van der Waals surface area contributed by atoms with E-state index in [1.165, 1.54) is 0 Å². The van der Waals surface area contributed by atoms with Gasteiger partial charge in [0.15, 0.2) is 5.82 Å². The normalized spacial score (nSPS) is 15.1. The van der Waals surface area contributed by atoms with E-state index in [4.69, 9.17) is 4.98 Å². The molecule has 0 atom stereocenters. The monoisotopic (exact) mass is 385 g/mol. The number of carbonyl (C=O) groups excluding carboxylic acids is 1. The van der Waals surface area contributed by atoms with E-state index >= 15 is 0 Å². The van der Waals surface area contributed by atoms with E-state index in [2.05, 4.69) is 50.1 Å². The largest absolute Gasteiger partial charge is 0.355 e. The van der Waals surface area contributed by atoms with Crippen molar-refractivity contribution in [2.24, 2.45) is 5.92 Å². The third-order valence-electron chi connectivity index (χ3n) is 5.68. The number of amides is 1. The van der Waals surface area contributed by atoms with Crippen molar-refractivity contribution in [3.05, 3.63) is 72.7 Å². The highest BCUT2D eigenvalue weighted by molar-refractivity contribution is 5.85. The van der Waals surface area contributed by atoms with Gasteiger partial charge in [0.05, 0.1) is 28.8 Å². The van der Waals surface area contributed by atoms with Crippen LogP contribution in [0.5, 0.6) is 0 Å². The highest BCUT2D eigenvalue weighted by Crippen LogP contribution is 2.29. The van der Waals surface area contributed by atoms with Crippen LogP contribution >= 0.6 is 0 Å². The number of pyridine rings is 1. The molecule has 6 heteroatoms. The molecule has 1 aliphatic heterocycles. The minimum absolute atomic E-state index is 0.0400. The summed E-state index contributed by atoms with van der Waals surface area (Å²) in [6, 6.07) is 18.1. The Morgan fingerprint density at radius 2 is 1.79 bits per heavy atom. The maximum Gasteiger partial charge on any atom is 0.223 e. The van der Waals surface area contributed by atoms with E-state index in [1.807, 2.05) is 30.3 Å². The molecule has 1 aromatic carbocycles. The molecule has 0 spiro atoms. The molecule has 29 heavy (non-hydrogen) atoms. The molecule has 1 N–H and O–H groups in total. The summed E-state index contributed by atoms with van der Waals surface area (Å²) in [4.78, 5) is 24.1. The molecule has 0 unspecified atom stereocenters. The van der Waals surface area contributed by atoms with Crippen molar-refractivity contribution in [3.8, 4) is 0 Å². The van der Waals surface area contributed by atoms with Gasteiger partial charge in [-0.1, -0.05) is 18.2 Å². The quantitative estimate of drug-likeness (QED) is 0.585. The first-order valence-corrected chi connectivity index (χ1v) is 10.1. The zero-order valence-corrected chi connectivity index (χ0v) is 16.2. The maximum absolute atomic E-state index is 12.6. The maximum atomic E-state index is 12.6. The van der Waals surface area contributed by atoms with Crippen LogP contribution in [0.3, 0.4) is 0 Å². The predicted molar refractivity (Wildman–Crippen MR) is 114 cm³/mol. The van der Waals surface area contributed by atoms with Crippen LogP contribution < -0.4 is 10.2 Å². The summed E-state index contributed by atoms with van der Waals surface area (Å²) >= 11 is 0. The summed E-state index contributed by atoms with van der Waals surface area (Å²) < 4.78 is 2.20. The van der Waals surface area contributed by atoms with Gasteiger partial charge >= 0.3 is 0 Å². The van der Waals surface area contributed by atoms with Crippen LogP contribution in [0.15, 0.2) is 67.0 Å². The number of rotatable bonds is 4. The number of nitrogens with one attached hydrogen (secondary N) is 1. The van der Waals surface area contributed by atoms with Crippen LogP contribution in [0, 0.1) is 5.92 Å². The van der Waals surface area contributed by atoms with Crippen molar-refractivity contribution in [1.82, 2.24) is 19.7 Å². The number of para-hydroxylation sites is 2. The summed E-state index contributed by atoms with van der Waals surface area (Å²) in [7, 11) is 0. The highest BCUT2D eigenvalue weighted by atomic mass is 16.1. The fourth-order valence-electron chi connectivity index (χ4n) is 4.12. The second-order valence-electron chi connectivity index (χ2n) is 7.49. The minimum Gasteiger partial charge on any atom is -0.355 e. The summed E-state index contributed by atoms with van der Waals surface area (Å²) in [5.74, 6) is 1.16. The van der Waals surface area contributed by atoms with Crippen molar-refractivity contribution in [1.29, 1.82) is 0 Å². The summed E-state index contributed by atoms with van der Waals surface area (Å²) in [6.07, 6.45) is 5.49. The molecule has 5 rings (SSSR count). The first kappa shape index (κ1) is 17.7. The number of hydrogen-bond donors (Lipinski definition) is 1. The second kappa shape index (κ2) is 7.54. The summed E-state index contributed by atoms with van der Waals surface area (Å²) in [5.41, 5.74) is 4.09. The van der Waals surface area contributed by atoms with E-state index in [0.717, 1.165) is 54.0 Å². The lowest BCUT2D eigenvalue weighted by molar-refractivity contribution is -0.125. The average molecular weight is 385 g/mol. The van der Waals surface area contributed by atoms with Gasteiger partial charge in [0.2, 0.25) is 5.91 Å². The van der Waals surface area contributed by atoms with E-state index in [1.54, 1.807) is 6.20 Å². The van der Waals surface area contributed by atoms with Crippen molar-refractivity contribution in [2.45, 2.75) is 19.4 Å². The Morgan fingerprint density at radius 1 is 1.00 bits per heavy atom. The Kier molecular flexibility index (Phi) is 4.60. The Morgan fingerprint density at radius 3 is 2.62 bits per heavy atom. The van der Waals surface area contributed by atoms with E-state index in [0.29, 0.717) is 6.54 Å². The lowest BCUT2D eigenvalue weighted by Gasteiger charge is -2.32. The number of hydrogen-bond acceptors (Lipinski definition) is 4. The third-order valence-corrected chi connectivity index (χ3v) is 5.68. The minimum atomic E-state index is 0.0400. The molecule has 1 fully saturated rings. The van der Waals surface area contributed by atoms with E-state index in [-0.39, 0.29) is 11.8 Å². The number of anilines is 1. The SMILES string of the molecule is O=C(NCc1ccccn1)C1CCN(c2nc3ccccc3n3cccc23)CC1. The van der Waals surface area contributed by atoms with Gasteiger partial charge in [-0.05, 0) is 49.2 Å². The molecule has 3 aromatic heterocycles. The zero-order chi connectivity index (χ0) is 19.6. The molecule has 0 saturated carbocycles. The number of benzene rings is 1. The Hall–Kier alpha value is -3.41. The van der Waals surface area contributed by atoms with Gasteiger partial charge < -0.3 is 14.6 Å². The molecule has 1 saturated heterocycles. The molecule has 4 heterocycles. The van der Waals surface area contributed by atoms with Gasteiger partial charge in [-0.2, -0.15) is 0 Å². The lowest BCUT2D eigenvalue weighted by atomic mass is 9.96. The van der Waals surface area contributed by atoms with Gasteiger partial charge in [-0.25, -0.2) is 4.98 Å². The lowest BCUT2D eigenvalue weighted by Crippen LogP contribution is -2.40. The van der Waals surface area contributed by atoms with Gasteiger partial charge in [-0.3, -0.25) is 9.78 Å². The van der Waals surface area contributed by atoms with E-state index < -0.39 is 0 Å². The zero-order valence-electron chi connectivity index (χ0n) is 16.2. The van der Waals surface area contributed by atoms with Crippen molar-refractivity contribution < 1.29 is 4.79 Å². The molecule has 0 bridgehead atoms. The van der Waals surface area contributed by atoms with Crippen LogP contribution in [0.4, 0.5) is 5.82 Å². The van der Waals surface area contributed by atoms with Gasteiger partial charge in [0.1, 0.15) is 0 Å². The Bertz CT molecular complexity index is 1150. The van der Waals surface area contributed by atoms with Crippen molar-refractivity contribution >= 4 is 28.3 Å². The number of aromatic nitrogens is 3. The first-order chi connectivity index (χ1) is 14.3. The summed E-state index contributed by atoms with van der Waals surface area (Å²) in [6.45, 7) is 2.14. The molecule has 4 aromatic rings.